The molecule has 2 aromatic rings. The predicted molar refractivity (Wildman–Crippen MR) is 101 cm³/mol. The average molecular weight is 326 g/mol. The maximum atomic E-state index is 5.53. The first-order valence-electron chi connectivity index (χ1n) is 8.89. The molecule has 0 aliphatic heterocycles. The second kappa shape index (κ2) is 11.0. The third kappa shape index (κ3) is 7.73. The molecule has 3 heteroatoms. The highest BCUT2D eigenvalue weighted by Gasteiger charge is 1.98. The molecule has 0 fully saturated rings. The summed E-state index contributed by atoms with van der Waals surface area (Å²) in [4.78, 5) is 0. The van der Waals surface area contributed by atoms with Crippen molar-refractivity contribution >= 4 is 0 Å². The molecule has 0 spiro atoms. The van der Waals surface area contributed by atoms with Crippen LogP contribution in [0.5, 0.6) is 0 Å². The molecule has 0 bridgehead atoms. The molecule has 24 heavy (non-hydrogen) atoms. The highest BCUT2D eigenvalue weighted by atomic mass is 16.5. The zero-order valence-electron chi connectivity index (χ0n) is 14.9. The summed E-state index contributed by atoms with van der Waals surface area (Å²) in [7, 11) is 0. The molecule has 0 aliphatic rings. The minimum Gasteiger partial charge on any atom is -0.377 e. The summed E-state index contributed by atoms with van der Waals surface area (Å²) in [5, 5.41) is 6.95. The van der Waals surface area contributed by atoms with Gasteiger partial charge in [-0.05, 0) is 43.5 Å². The Hall–Kier alpha value is -1.68. The van der Waals surface area contributed by atoms with E-state index in [-0.39, 0.29) is 0 Å². The van der Waals surface area contributed by atoms with Crippen LogP contribution in [0.25, 0.3) is 0 Å². The van der Waals surface area contributed by atoms with Gasteiger partial charge in [0.1, 0.15) is 0 Å². The number of rotatable bonds is 11. The number of ether oxygens (including phenoxy) is 1. The van der Waals surface area contributed by atoms with E-state index in [1.165, 1.54) is 16.7 Å². The van der Waals surface area contributed by atoms with Crippen molar-refractivity contribution < 1.29 is 4.74 Å². The van der Waals surface area contributed by atoms with Crippen LogP contribution < -0.4 is 10.6 Å². The highest BCUT2D eigenvalue weighted by Crippen LogP contribution is 2.05. The van der Waals surface area contributed by atoms with Crippen LogP contribution in [0, 0.1) is 0 Å². The van der Waals surface area contributed by atoms with Crippen molar-refractivity contribution in [3.05, 3.63) is 71.3 Å². The van der Waals surface area contributed by atoms with Crippen LogP contribution in [0.1, 0.15) is 30.5 Å². The SMILES string of the molecule is CC(C)OCCNCc1cccc(CNCCc2ccccc2)c1. The normalized spacial score (nSPS) is 11.1. The Balaban J connectivity index is 1.64. The van der Waals surface area contributed by atoms with E-state index in [2.05, 4.69) is 79.1 Å². The topological polar surface area (TPSA) is 33.3 Å². The lowest BCUT2D eigenvalue weighted by atomic mass is 10.1. The average Bonchev–Trinajstić information content (AvgIpc) is 2.59. The molecule has 0 aliphatic carbocycles. The Morgan fingerprint density at radius 3 is 2.08 bits per heavy atom. The first-order chi connectivity index (χ1) is 11.7. The van der Waals surface area contributed by atoms with E-state index in [0.717, 1.165) is 39.2 Å². The Morgan fingerprint density at radius 1 is 0.792 bits per heavy atom. The van der Waals surface area contributed by atoms with E-state index in [4.69, 9.17) is 4.74 Å². The molecule has 0 amide bonds. The molecule has 2 N–H and O–H groups in total. The number of hydrogen-bond donors (Lipinski definition) is 2. The first kappa shape index (κ1) is 18.7. The third-order valence-corrected chi connectivity index (χ3v) is 3.81. The maximum Gasteiger partial charge on any atom is 0.0594 e. The second-order valence-electron chi connectivity index (χ2n) is 6.33. The Kier molecular flexibility index (Phi) is 8.53. The molecular weight excluding hydrogens is 296 g/mol. The van der Waals surface area contributed by atoms with Crippen molar-refractivity contribution in [1.29, 1.82) is 0 Å². The maximum absolute atomic E-state index is 5.53. The molecular formula is C21H30N2O. The molecule has 0 atom stereocenters. The van der Waals surface area contributed by atoms with Gasteiger partial charge in [-0.2, -0.15) is 0 Å². The van der Waals surface area contributed by atoms with Crippen molar-refractivity contribution in [1.82, 2.24) is 10.6 Å². The molecule has 0 saturated heterocycles. The molecule has 0 heterocycles. The van der Waals surface area contributed by atoms with E-state index in [1.54, 1.807) is 0 Å². The summed E-state index contributed by atoms with van der Waals surface area (Å²) in [5.74, 6) is 0. The van der Waals surface area contributed by atoms with Crippen molar-refractivity contribution in [2.45, 2.75) is 39.5 Å². The van der Waals surface area contributed by atoms with Crippen LogP contribution in [0.15, 0.2) is 54.6 Å². The monoisotopic (exact) mass is 326 g/mol. The lowest BCUT2D eigenvalue weighted by molar-refractivity contribution is 0.0807. The zero-order chi connectivity index (χ0) is 17.0. The largest absolute Gasteiger partial charge is 0.377 e. The van der Waals surface area contributed by atoms with E-state index in [9.17, 15) is 0 Å². The molecule has 3 nitrogen and oxygen atoms in total. The van der Waals surface area contributed by atoms with Gasteiger partial charge >= 0.3 is 0 Å². The fraction of sp³-hybridized carbons (Fsp3) is 0.429. The van der Waals surface area contributed by atoms with Crippen LogP contribution in [-0.4, -0.2) is 25.8 Å². The van der Waals surface area contributed by atoms with Crippen molar-refractivity contribution in [3.63, 3.8) is 0 Å². The van der Waals surface area contributed by atoms with Crippen molar-refractivity contribution in [3.8, 4) is 0 Å². The van der Waals surface area contributed by atoms with Crippen LogP contribution in [0.2, 0.25) is 0 Å². The molecule has 0 aromatic heterocycles. The molecule has 2 rings (SSSR count). The molecule has 130 valence electrons. The Morgan fingerprint density at radius 2 is 1.42 bits per heavy atom. The van der Waals surface area contributed by atoms with Crippen LogP contribution in [0.4, 0.5) is 0 Å². The predicted octanol–water partition coefficient (Wildman–Crippen LogP) is 3.53. The standard InChI is InChI=1S/C21H30N2O/c1-18(2)24-14-13-23-17-21-10-6-9-20(15-21)16-22-12-11-19-7-4-3-5-8-19/h3-10,15,18,22-23H,11-14,16-17H2,1-2H3. The molecule has 2 aromatic carbocycles. The quantitative estimate of drug-likeness (QED) is 0.620. The third-order valence-electron chi connectivity index (χ3n) is 3.81. The summed E-state index contributed by atoms with van der Waals surface area (Å²) in [6, 6.07) is 19.4. The highest BCUT2D eigenvalue weighted by molar-refractivity contribution is 5.23. The summed E-state index contributed by atoms with van der Waals surface area (Å²) in [6.07, 6.45) is 1.37. The summed E-state index contributed by atoms with van der Waals surface area (Å²) in [5.41, 5.74) is 4.04. The minimum absolute atomic E-state index is 0.303. The van der Waals surface area contributed by atoms with Crippen molar-refractivity contribution in [2.75, 3.05) is 19.7 Å². The summed E-state index contributed by atoms with van der Waals surface area (Å²) in [6.45, 7) is 8.58. The minimum atomic E-state index is 0.303. The van der Waals surface area contributed by atoms with Crippen LogP contribution in [-0.2, 0) is 24.2 Å². The lowest BCUT2D eigenvalue weighted by Gasteiger charge is -2.10. The number of benzene rings is 2. The van der Waals surface area contributed by atoms with Gasteiger partial charge in [-0.3, -0.25) is 0 Å². The zero-order valence-corrected chi connectivity index (χ0v) is 14.9. The molecule has 0 radical (unpaired) electrons. The Bertz CT molecular complexity index is 569. The van der Waals surface area contributed by atoms with Gasteiger partial charge in [-0.25, -0.2) is 0 Å². The van der Waals surface area contributed by atoms with Crippen LogP contribution in [0.3, 0.4) is 0 Å². The first-order valence-corrected chi connectivity index (χ1v) is 8.89. The summed E-state index contributed by atoms with van der Waals surface area (Å²) < 4.78 is 5.53. The fourth-order valence-electron chi connectivity index (χ4n) is 2.56. The number of nitrogens with one attached hydrogen (secondary N) is 2. The van der Waals surface area contributed by atoms with Gasteiger partial charge in [0.15, 0.2) is 0 Å². The van der Waals surface area contributed by atoms with Gasteiger partial charge in [0.2, 0.25) is 0 Å². The smallest absolute Gasteiger partial charge is 0.0594 e. The molecule has 0 saturated carbocycles. The van der Waals surface area contributed by atoms with E-state index >= 15 is 0 Å². The van der Waals surface area contributed by atoms with Gasteiger partial charge in [-0.15, -0.1) is 0 Å². The second-order valence-corrected chi connectivity index (χ2v) is 6.33. The van der Waals surface area contributed by atoms with Gasteiger partial charge in [0.05, 0.1) is 12.7 Å². The van der Waals surface area contributed by atoms with E-state index in [1.807, 2.05) is 0 Å². The molecule has 0 unspecified atom stereocenters. The lowest BCUT2D eigenvalue weighted by Crippen LogP contribution is -2.21. The number of hydrogen-bond acceptors (Lipinski definition) is 3. The van der Waals surface area contributed by atoms with Gasteiger partial charge < -0.3 is 15.4 Å². The van der Waals surface area contributed by atoms with E-state index < -0.39 is 0 Å². The van der Waals surface area contributed by atoms with Crippen molar-refractivity contribution in [2.24, 2.45) is 0 Å². The van der Waals surface area contributed by atoms with Crippen LogP contribution >= 0.6 is 0 Å². The Labute approximate surface area is 146 Å². The van der Waals surface area contributed by atoms with E-state index in [0.29, 0.717) is 6.10 Å². The van der Waals surface area contributed by atoms with Gasteiger partial charge in [0.25, 0.3) is 0 Å². The van der Waals surface area contributed by atoms with Gasteiger partial charge in [0, 0.05) is 19.6 Å². The summed E-state index contributed by atoms with van der Waals surface area (Å²) >= 11 is 0. The fourth-order valence-corrected chi connectivity index (χ4v) is 2.56. The van der Waals surface area contributed by atoms with Gasteiger partial charge in [-0.1, -0.05) is 54.6 Å².